The van der Waals surface area contributed by atoms with E-state index in [4.69, 9.17) is 0 Å². The number of pyridine rings is 1. The Morgan fingerprint density at radius 2 is 2.42 bits per heavy atom. The van der Waals surface area contributed by atoms with Crippen LogP contribution in [0.3, 0.4) is 0 Å². The molecule has 1 fully saturated rings. The summed E-state index contributed by atoms with van der Waals surface area (Å²) in [5.74, 6) is 0.487. The second-order valence-electron chi connectivity index (χ2n) is 4.99. The molecule has 1 atom stereocenters. The Morgan fingerprint density at radius 1 is 1.58 bits per heavy atom. The molecule has 5 nitrogen and oxygen atoms in total. The monoisotopic (exact) mass is 263 g/mol. The number of hydrogen-bond acceptors (Lipinski definition) is 4. The molecule has 0 aromatic carbocycles. The summed E-state index contributed by atoms with van der Waals surface area (Å²) < 4.78 is 0. The highest BCUT2D eigenvalue weighted by Gasteiger charge is 2.21. The molecule has 2 rings (SSSR count). The van der Waals surface area contributed by atoms with Gasteiger partial charge in [0.15, 0.2) is 0 Å². The van der Waals surface area contributed by atoms with E-state index in [2.05, 4.69) is 10.3 Å². The quantitative estimate of drug-likeness (QED) is 0.858. The zero-order valence-electron chi connectivity index (χ0n) is 11.3. The molecule has 2 heterocycles. The first-order chi connectivity index (χ1) is 9.20. The lowest BCUT2D eigenvalue weighted by atomic mass is 9.99. The van der Waals surface area contributed by atoms with Crippen molar-refractivity contribution in [2.45, 2.75) is 19.8 Å². The molecule has 0 spiro atoms. The van der Waals surface area contributed by atoms with Crippen LogP contribution in [0.5, 0.6) is 5.75 Å². The molecule has 1 saturated heterocycles. The average molecular weight is 263 g/mol. The summed E-state index contributed by atoms with van der Waals surface area (Å²) in [5, 5.41) is 12.8. The fourth-order valence-corrected chi connectivity index (χ4v) is 2.47. The first-order valence-corrected chi connectivity index (χ1v) is 6.84. The molecule has 104 valence electrons. The molecule has 1 aromatic rings. The van der Waals surface area contributed by atoms with Crippen LogP contribution in [0.4, 0.5) is 0 Å². The average Bonchev–Trinajstić information content (AvgIpc) is 2.45. The number of rotatable bonds is 4. The van der Waals surface area contributed by atoms with Crippen LogP contribution in [0.1, 0.15) is 30.1 Å². The third-order valence-corrected chi connectivity index (χ3v) is 3.52. The van der Waals surface area contributed by atoms with Crippen LogP contribution in [0.15, 0.2) is 18.5 Å². The van der Waals surface area contributed by atoms with E-state index in [-0.39, 0.29) is 11.7 Å². The van der Waals surface area contributed by atoms with Crippen LogP contribution >= 0.6 is 0 Å². The minimum absolute atomic E-state index is 0.0289. The van der Waals surface area contributed by atoms with Crippen molar-refractivity contribution in [1.82, 2.24) is 15.2 Å². The van der Waals surface area contributed by atoms with Crippen LogP contribution in [0.25, 0.3) is 0 Å². The van der Waals surface area contributed by atoms with Crippen LogP contribution < -0.4 is 5.32 Å². The van der Waals surface area contributed by atoms with Crippen LogP contribution in [0.2, 0.25) is 0 Å². The molecule has 1 unspecified atom stereocenters. The number of nitrogens with zero attached hydrogens (tertiary/aromatic N) is 2. The first kappa shape index (κ1) is 13.8. The van der Waals surface area contributed by atoms with Gasteiger partial charge in [-0.05, 0) is 44.8 Å². The zero-order chi connectivity index (χ0) is 13.7. The minimum Gasteiger partial charge on any atom is -0.506 e. The molecule has 19 heavy (non-hydrogen) atoms. The van der Waals surface area contributed by atoms with Crippen molar-refractivity contribution >= 4 is 5.91 Å². The number of carbonyl (C=O) groups excluding carboxylic acids is 1. The maximum Gasteiger partial charge on any atom is 0.255 e. The number of aromatic nitrogens is 1. The predicted molar refractivity (Wildman–Crippen MR) is 73.1 cm³/mol. The summed E-state index contributed by atoms with van der Waals surface area (Å²) in [6, 6.07) is 1.47. The minimum atomic E-state index is -0.0588. The van der Waals surface area contributed by atoms with Crippen molar-refractivity contribution in [1.29, 1.82) is 0 Å². The molecule has 1 aliphatic heterocycles. The van der Waals surface area contributed by atoms with E-state index in [1.165, 1.54) is 24.9 Å². The van der Waals surface area contributed by atoms with Gasteiger partial charge >= 0.3 is 0 Å². The molecular weight excluding hydrogens is 242 g/mol. The van der Waals surface area contributed by atoms with E-state index in [1.807, 2.05) is 11.8 Å². The van der Waals surface area contributed by atoms with E-state index in [0.29, 0.717) is 18.0 Å². The normalized spacial score (nSPS) is 19.1. The van der Waals surface area contributed by atoms with Crippen molar-refractivity contribution < 1.29 is 9.90 Å². The van der Waals surface area contributed by atoms with E-state index < -0.39 is 0 Å². The highest BCUT2D eigenvalue weighted by molar-refractivity contribution is 5.94. The van der Waals surface area contributed by atoms with Gasteiger partial charge in [-0.15, -0.1) is 0 Å². The highest BCUT2D eigenvalue weighted by atomic mass is 16.3. The van der Waals surface area contributed by atoms with E-state index in [9.17, 15) is 9.90 Å². The number of carbonyl (C=O) groups is 1. The lowest BCUT2D eigenvalue weighted by Gasteiger charge is -2.29. The van der Waals surface area contributed by atoms with Gasteiger partial charge in [0.2, 0.25) is 0 Å². The highest BCUT2D eigenvalue weighted by Crippen LogP contribution is 2.15. The Hall–Kier alpha value is -1.62. The largest absolute Gasteiger partial charge is 0.506 e. The van der Waals surface area contributed by atoms with Crippen LogP contribution in [-0.4, -0.2) is 47.1 Å². The number of aromatic hydroxyl groups is 1. The SMILES string of the molecule is CCN(CC1CCCNC1)C(=O)c1cncc(O)c1. The van der Waals surface area contributed by atoms with E-state index in [1.54, 1.807) is 0 Å². The zero-order valence-corrected chi connectivity index (χ0v) is 11.3. The van der Waals surface area contributed by atoms with Crippen molar-refractivity contribution in [2.75, 3.05) is 26.2 Å². The Balaban J connectivity index is 2.02. The smallest absolute Gasteiger partial charge is 0.255 e. The van der Waals surface area contributed by atoms with Crippen molar-refractivity contribution in [3.05, 3.63) is 24.0 Å². The van der Waals surface area contributed by atoms with Gasteiger partial charge in [0, 0.05) is 19.3 Å². The summed E-state index contributed by atoms with van der Waals surface area (Å²) in [4.78, 5) is 18.0. The summed E-state index contributed by atoms with van der Waals surface area (Å²) in [6.07, 6.45) is 5.17. The number of piperidine rings is 1. The van der Waals surface area contributed by atoms with E-state index in [0.717, 1.165) is 26.1 Å². The fourth-order valence-electron chi connectivity index (χ4n) is 2.47. The lowest BCUT2D eigenvalue weighted by molar-refractivity contribution is 0.0728. The van der Waals surface area contributed by atoms with Crippen LogP contribution in [-0.2, 0) is 0 Å². The maximum absolute atomic E-state index is 12.4. The van der Waals surface area contributed by atoms with Gasteiger partial charge < -0.3 is 15.3 Å². The number of nitrogens with one attached hydrogen (secondary N) is 1. The fraction of sp³-hybridized carbons (Fsp3) is 0.571. The van der Waals surface area contributed by atoms with Gasteiger partial charge in [0.05, 0.1) is 11.8 Å². The Kier molecular flexibility index (Phi) is 4.74. The summed E-state index contributed by atoms with van der Waals surface area (Å²) in [5.41, 5.74) is 0.450. The summed E-state index contributed by atoms with van der Waals surface area (Å²) in [7, 11) is 0. The Bertz CT molecular complexity index is 430. The summed E-state index contributed by atoms with van der Waals surface area (Å²) >= 11 is 0. The van der Waals surface area contributed by atoms with Crippen molar-refractivity contribution in [2.24, 2.45) is 5.92 Å². The molecule has 2 N–H and O–H groups in total. The van der Waals surface area contributed by atoms with Gasteiger partial charge in [-0.2, -0.15) is 0 Å². The maximum atomic E-state index is 12.4. The molecule has 1 amide bonds. The molecule has 1 aliphatic rings. The second-order valence-corrected chi connectivity index (χ2v) is 4.99. The third-order valence-electron chi connectivity index (χ3n) is 3.52. The molecule has 0 bridgehead atoms. The molecular formula is C14H21N3O2. The third kappa shape index (κ3) is 3.67. The topological polar surface area (TPSA) is 65.5 Å². The second kappa shape index (κ2) is 6.52. The molecule has 0 aliphatic carbocycles. The van der Waals surface area contributed by atoms with Crippen molar-refractivity contribution in [3.63, 3.8) is 0 Å². The Morgan fingerprint density at radius 3 is 3.05 bits per heavy atom. The van der Waals surface area contributed by atoms with Crippen LogP contribution in [0, 0.1) is 5.92 Å². The lowest BCUT2D eigenvalue weighted by Crippen LogP contribution is -2.41. The summed E-state index contributed by atoms with van der Waals surface area (Å²) in [6.45, 7) is 5.46. The number of amides is 1. The van der Waals surface area contributed by atoms with Gasteiger partial charge in [-0.3, -0.25) is 9.78 Å². The molecule has 1 aromatic heterocycles. The van der Waals surface area contributed by atoms with Gasteiger partial charge in [-0.1, -0.05) is 0 Å². The van der Waals surface area contributed by atoms with Gasteiger partial charge in [0.25, 0.3) is 5.91 Å². The molecule has 5 heteroatoms. The number of hydrogen-bond donors (Lipinski definition) is 2. The van der Waals surface area contributed by atoms with Gasteiger partial charge in [0.1, 0.15) is 5.75 Å². The molecule has 0 radical (unpaired) electrons. The first-order valence-electron chi connectivity index (χ1n) is 6.84. The van der Waals surface area contributed by atoms with Crippen molar-refractivity contribution in [3.8, 4) is 5.75 Å². The van der Waals surface area contributed by atoms with Gasteiger partial charge in [-0.25, -0.2) is 0 Å². The standard InChI is InChI=1S/C14H21N3O2/c1-2-17(10-11-4-3-5-15-7-11)14(19)12-6-13(18)9-16-8-12/h6,8-9,11,15,18H,2-5,7,10H2,1H3. The predicted octanol–water partition coefficient (Wildman–Crippen LogP) is 1.25. The Labute approximate surface area is 113 Å². The molecule has 0 saturated carbocycles. The van der Waals surface area contributed by atoms with E-state index >= 15 is 0 Å².